The normalized spacial score (nSPS) is 18.4. The van der Waals surface area contributed by atoms with Gasteiger partial charge in [0.15, 0.2) is 0 Å². The standard InChI is InChI=1S/C24H32N6O7/c1-12(31)20(30-21(33)16-7-4-8-26-16)23(35)28-17(22(34)29-18(24(36)37)10-19(25)32)9-13-11-27-15-6-3-2-5-14(13)15/h2-3,5-6,11-12,16-18,20,26-27,31H,4,7-10H2,1H3,(H2,25,32)(H,28,35)(H,29,34)(H,30,33)(H,36,37). The number of H-pyrrole nitrogens is 1. The molecule has 200 valence electrons. The van der Waals surface area contributed by atoms with Crippen LogP contribution >= 0.6 is 0 Å². The van der Waals surface area contributed by atoms with E-state index in [9.17, 15) is 34.2 Å². The number of amides is 4. The summed E-state index contributed by atoms with van der Waals surface area (Å²) >= 11 is 0. The lowest BCUT2D eigenvalue weighted by atomic mass is 10.0. The largest absolute Gasteiger partial charge is 0.480 e. The van der Waals surface area contributed by atoms with Crippen molar-refractivity contribution in [2.45, 2.75) is 62.9 Å². The van der Waals surface area contributed by atoms with Crippen molar-refractivity contribution in [1.82, 2.24) is 26.3 Å². The van der Waals surface area contributed by atoms with Crippen LogP contribution in [0.3, 0.4) is 0 Å². The topological polar surface area (TPSA) is 216 Å². The number of carbonyl (C=O) groups is 5. The van der Waals surface area contributed by atoms with Crippen LogP contribution in [-0.2, 0) is 30.4 Å². The van der Waals surface area contributed by atoms with Gasteiger partial charge in [-0.05, 0) is 37.9 Å². The number of carboxylic acids is 1. The summed E-state index contributed by atoms with van der Waals surface area (Å²) in [5.41, 5.74) is 6.55. The van der Waals surface area contributed by atoms with Crippen LogP contribution in [0.25, 0.3) is 10.9 Å². The van der Waals surface area contributed by atoms with Gasteiger partial charge in [0, 0.05) is 23.5 Å². The van der Waals surface area contributed by atoms with Crippen LogP contribution in [0.15, 0.2) is 30.5 Å². The van der Waals surface area contributed by atoms with Crippen molar-refractivity contribution in [2.24, 2.45) is 5.73 Å². The number of primary amides is 1. The van der Waals surface area contributed by atoms with Crippen LogP contribution in [0.2, 0.25) is 0 Å². The molecule has 1 aromatic heterocycles. The fraction of sp³-hybridized carbons (Fsp3) is 0.458. The molecular formula is C24H32N6O7. The third-order valence-corrected chi connectivity index (χ3v) is 6.19. The highest BCUT2D eigenvalue weighted by Crippen LogP contribution is 2.19. The minimum absolute atomic E-state index is 0.0465. The van der Waals surface area contributed by atoms with Gasteiger partial charge >= 0.3 is 5.97 Å². The Hall–Kier alpha value is -3.97. The first-order valence-corrected chi connectivity index (χ1v) is 12.0. The van der Waals surface area contributed by atoms with Crippen molar-refractivity contribution >= 4 is 40.5 Å². The predicted molar refractivity (Wildman–Crippen MR) is 132 cm³/mol. The second-order valence-corrected chi connectivity index (χ2v) is 9.07. The van der Waals surface area contributed by atoms with Gasteiger partial charge in [-0.2, -0.15) is 0 Å². The van der Waals surface area contributed by atoms with Crippen molar-refractivity contribution in [2.75, 3.05) is 6.54 Å². The van der Waals surface area contributed by atoms with Gasteiger partial charge in [0.25, 0.3) is 0 Å². The number of benzene rings is 1. The molecule has 9 N–H and O–H groups in total. The van der Waals surface area contributed by atoms with E-state index in [-0.39, 0.29) is 6.42 Å². The molecule has 13 nitrogen and oxygen atoms in total. The quantitative estimate of drug-likeness (QED) is 0.162. The number of nitrogens with two attached hydrogens (primary N) is 1. The number of aromatic nitrogens is 1. The summed E-state index contributed by atoms with van der Waals surface area (Å²) < 4.78 is 0. The number of hydrogen-bond acceptors (Lipinski definition) is 7. The third kappa shape index (κ3) is 7.27. The molecule has 1 aliphatic heterocycles. The van der Waals surface area contributed by atoms with E-state index in [1.54, 1.807) is 12.3 Å². The zero-order chi connectivity index (χ0) is 27.1. The van der Waals surface area contributed by atoms with Gasteiger partial charge in [-0.3, -0.25) is 19.2 Å². The maximum atomic E-state index is 13.2. The molecule has 1 fully saturated rings. The lowest BCUT2D eigenvalue weighted by molar-refractivity contribution is -0.143. The zero-order valence-corrected chi connectivity index (χ0v) is 20.3. The molecule has 2 heterocycles. The second kappa shape index (κ2) is 12.3. The van der Waals surface area contributed by atoms with Crippen molar-refractivity contribution < 1.29 is 34.2 Å². The molecule has 0 aliphatic carbocycles. The average molecular weight is 517 g/mol. The van der Waals surface area contributed by atoms with Gasteiger partial charge < -0.3 is 42.2 Å². The lowest BCUT2D eigenvalue weighted by Crippen LogP contribution is -2.60. The first-order chi connectivity index (χ1) is 17.6. The molecule has 13 heteroatoms. The Morgan fingerprint density at radius 3 is 2.41 bits per heavy atom. The Morgan fingerprint density at radius 1 is 1.08 bits per heavy atom. The molecule has 37 heavy (non-hydrogen) atoms. The summed E-state index contributed by atoms with van der Waals surface area (Å²) in [5.74, 6) is -4.56. The first kappa shape index (κ1) is 27.6. The van der Waals surface area contributed by atoms with E-state index < -0.39 is 66.3 Å². The number of hydrogen-bond donors (Lipinski definition) is 8. The number of rotatable bonds is 12. The molecule has 3 rings (SSSR count). The highest BCUT2D eigenvalue weighted by atomic mass is 16.4. The Bertz CT molecular complexity index is 1160. The summed E-state index contributed by atoms with van der Waals surface area (Å²) in [6.45, 7) is 1.99. The fourth-order valence-corrected chi connectivity index (χ4v) is 4.23. The monoisotopic (exact) mass is 516 g/mol. The lowest BCUT2D eigenvalue weighted by Gasteiger charge is -2.26. The number of fused-ring (bicyclic) bond motifs is 1. The fourth-order valence-electron chi connectivity index (χ4n) is 4.23. The van der Waals surface area contributed by atoms with Gasteiger partial charge in [-0.1, -0.05) is 18.2 Å². The summed E-state index contributed by atoms with van der Waals surface area (Å²) in [4.78, 5) is 64.8. The van der Waals surface area contributed by atoms with Gasteiger partial charge in [0.1, 0.15) is 18.1 Å². The average Bonchev–Trinajstić information content (AvgIpc) is 3.51. The summed E-state index contributed by atoms with van der Waals surface area (Å²) in [5, 5.41) is 30.7. The molecule has 0 spiro atoms. The van der Waals surface area contributed by atoms with Crippen molar-refractivity contribution in [3.63, 3.8) is 0 Å². The molecule has 0 saturated carbocycles. The molecule has 1 aromatic carbocycles. The van der Waals surface area contributed by atoms with E-state index in [2.05, 4.69) is 26.3 Å². The van der Waals surface area contributed by atoms with Crippen LogP contribution in [0.5, 0.6) is 0 Å². The van der Waals surface area contributed by atoms with Crippen molar-refractivity contribution in [3.05, 3.63) is 36.0 Å². The Balaban J connectivity index is 1.82. The molecule has 2 aromatic rings. The van der Waals surface area contributed by atoms with Crippen LogP contribution < -0.4 is 27.0 Å². The van der Waals surface area contributed by atoms with Gasteiger partial charge in [-0.25, -0.2) is 4.79 Å². The number of aliphatic hydroxyl groups excluding tert-OH is 1. The van der Waals surface area contributed by atoms with Crippen molar-refractivity contribution in [1.29, 1.82) is 0 Å². The van der Waals surface area contributed by atoms with Gasteiger partial charge in [0.2, 0.25) is 23.6 Å². The van der Waals surface area contributed by atoms with Gasteiger partial charge in [-0.15, -0.1) is 0 Å². The van der Waals surface area contributed by atoms with Crippen LogP contribution in [0.1, 0.15) is 31.7 Å². The van der Waals surface area contributed by atoms with Crippen molar-refractivity contribution in [3.8, 4) is 0 Å². The number of nitrogens with one attached hydrogen (secondary N) is 5. The van der Waals surface area contributed by atoms with E-state index in [0.29, 0.717) is 18.5 Å². The first-order valence-electron chi connectivity index (χ1n) is 12.0. The minimum Gasteiger partial charge on any atom is -0.480 e. The number of aliphatic hydroxyl groups is 1. The highest BCUT2D eigenvalue weighted by molar-refractivity contribution is 5.96. The van der Waals surface area contributed by atoms with E-state index in [0.717, 1.165) is 17.3 Å². The molecule has 1 aliphatic rings. The number of carbonyl (C=O) groups excluding carboxylic acids is 4. The number of para-hydroxylation sites is 1. The Kier molecular flexibility index (Phi) is 9.20. The smallest absolute Gasteiger partial charge is 0.326 e. The zero-order valence-electron chi connectivity index (χ0n) is 20.3. The summed E-state index contributed by atoms with van der Waals surface area (Å²) in [6.07, 6.45) is 1.07. The maximum absolute atomic E-state index is 13.2. The number of carboxylic acid groups (broad SMARTS) is 1. The Morgan fingerprint density at radius 2 is 1.78 bits per heavy atom. The van der Waals surface area contributed by atoms with E-state index in [4.69, 9.17) is 5.73 Å². The Labute approximate surface area is 212 Å². The van der Waals surface area contributed by atoms with Gasteiger partial charge in [0.05, 0.1) is 18.6 Å². The molecule has 5 atom stereocenters. The maximum Gasteiger partial charge on any atom is 0.326 e. The molecular weight excluding hydrogens is 484 g/mol. The summed E-state index contributed by atoms with van der Waals surface area (Å²) in [6, 6.07) is 2.51. The van der Waals surface area contributed by atoms with Crippen LogP contribution in [0.4, 0.5) is 0 Å². The number of aromatic amines is 1. The van der Waals surface area contributed by atoms with E-state index in [1.807, 2.05) is 18.2 Å². The van der Waals surface area contributed by atoms with Crippen LogP contribution in [-0.4, -0.2) is 81.6 Å². The molecule has 1 saturated heterocycles. The molecule has 0 bridgehead atoms. The van der Waals surface area contributed by atoms with E-state index in [1.165, 1.54) is 6.92 Å². The van der Waals surface area contributed by atoms with Crippen LogP contribution in [0, 0.1) is 0 Å². The number of aliphatic carboxylic acids is 1. The summed E-state index contributed by atoms with van der Waals surface area (Å²) in [7, 11) is 0. The molecule has 0 radical (unpaired) electrons. The molecule has 5 unspecified atom stereocenters. The second-order valence-electron chi connectivity index (χ2n) is 9.07. The minimum atomic E-state index is -1.60. The predicted octanol–water partition coefficient (Wildman–Crippen LogP) is -1.74. The SMILES string of the molecule is CC(O)C(NC(=O)C1CCCN1)C(=O)NC(Cc1c[nH]c2ccccc12)C(=O)NC(CC(N)=O)C(=O)O. The van der Waals surface area contributed by atoms with E-state index >= 15 is 0 Å². The third-order valence-electron chi connectivity index (χ3n) is 6.19. The molecule has 4 amide bonds. The highest BCUT2D eigenvalue weighted by Gasteiger charge is 2.34.